The number of carbonyl (C=O) groups excluding carboxylic acids is 1. The van der Waals surface area contributed by atoms with Gasteiger partial charge in [0.1, 0.15) is 0 Å². The summed E-state index contributed by atoms with van der Waals surface area (Å²) in [5.41, 5.74) is 10.1. The zero-order valence-corrected chi connectivity index (χ0v) is 12.1. The molecule has 1 aromatic heterocycles. The van der Waals surface area contributed by atoms with Crippen molar-refractivity contribution >= 4 is 17.3 Å². The summed E-state index contributed by atoms with van der Waals surface area (Å²) in [7, 11) is 1.79. The molecule has 0 atom stereocenters. The lowest BCUT2D eigenvalue weighted by atomic mass is 10.1. The minimum absolute atomic E-state index is 0.00854. The highest BCUT2D eigenvalue weighted by Gasteiger charge is 2.14. The highest BCUT2D eigenvalue weighted by atomic mass is 16.2. The molecule has 104 valence electrons. The van der Waals surface area contributed by atoms with E-state index in [1.54, 1.807) is 30.3 Å². The molecule has 2 N–H and O–H groups in total. The molecule has 0 saturated heterocycles. The van der Waals surface area contributed by atoms with Crippen LogP contribution in [0.1, 0.15) is 16.8 Å². The van der Waals surface area contributed by atoms with Crippen molar-refractivity contribution in [2.75, 3.05) is 17.7 Å². The van der Waals surface area contributed by atoms with E-state index >= 15 is 0 Å². The van der Waals surface area contributed by atoms with Crippen molar-refractivity contribution in [2.24, 2.45) is 0 Å². The molecule has 1 amide bonds. The van der Waals surface area contributed by atoms with Crippen LogP contribution in [0.4, 0.5) is 11.4 Å². The Balaban J connectivity index is 2.14. The Bertz CT molecular complexity index is 620. The molecule has 2 aromatic rings. The minimum atomic E-state index is 0.00854. The van der Waals surface area contributed by atoms with E-state index in [9.17, 15) is 4.79 Å². The fraction of sp³-hybridized carbons (Fsp3) is 0.250. The van der Waals surface area contributed by atoms with E-state index in [1.807, 2.05) is 26.0 Å². The average Bonchev–Trinajstić information content (AvgIpc) is 2.40. The Labute approximate surface area is 119 Å². The first-order valence-corrected chi connectivity index (χ1v) is 6.51. The van der Waals surface area contributed by atoms with Crippen LogP contribution in [0.2, 0.25) is 0 Å². The van der Waals surface area contributed by atoms with Crippen LogP contribution in [0, 0.1) is 13.8 Å². The summed E-state index contributed by atoms with van der Waals surface area (Å²) in [6.07, 6.45) is 1.84. The standard InChI is InChI=1S/C16H19N3O/c1-11-4-7-15(12(2)8-11)19(3)16(20)9-14-6-5-13(17)10-18-14/h4-8,10H,9,17H2,1-3H3. The summed E-state index contributed by atoms with van der Waals surface area (Å²) in [5, 5.41) is 0. The molecule has 4 nitrogen and oxygen atoms in total. The lowest BCUT2D eigenvalue weighted by Crippen LogP contribution is -2.28. The molecule has 1 aromatic carbocycles. The average molecular weight is 269 g/mol. The van der Waals surface area contributed by atoms with Gasteiger partial charge in [0.15, 0.2) is 0 Å². The van der Waals surface area contributed by atoms with Gasteiger partial charge in [-0.3, -0.25) is 9.78 Å². The molecule has 1 heterocycles. The number of amides is 1. The van der Waals surface area contributed by atoms with E-state index in [-0.39, 0.29) is 12.3 Å². The number of nitrogen functional groups attached to an aromatic ring is 1. The molecule has 0 bridgehead atoms. The molecule has 0 aliphatic rings. The van der Waals surface area contributed by atoms with Crippen LogP contribution in [-0.2, 0) is 11.2 Å². The van der Waals surface area contributed by atoms with Gasteiger partial charge in [-0.15, -0.1) is 0 Å². The molecule has 0 spiro atoms. The fourth-order valence-electron chi connectivity index (χ4n) is 2.13. The number of nitrogens with two attached hydrogens (primary N) is 1. The van der Waals surface area contributed by atoms with Gasteiger partial charge in [0.05, 0.1) is 18.3 Å². The molecule has 0 unspecified atom stereocenters. The van der Waals surface area contributed by atoms with Crippen molar-refractivity contribution in [2.45, 2.75) is 20.3 Å². The number of aromatic nitrogens is 1. The van der Waals surface area contributed by atoms with Gasteiger partial charge in [-0.25, -0.2) is 0 Å². The second-order valence-corrected chi connectivity index (χ2v) is 5.00. The molecular formula is C16H19N3O. The van der Waals surface area contributed by atoms with Crippen LogP contribution in [0.3, 0.4) is 0 Å². The quantitative estimate of drug-likeness (QED) is 0.931. The fourth-order valence-corrected chi connectivity index (χ4v) is 2.13. The lowest BCUT2D eigenvalue weighted by molar-refractivity contribution is -0.117. The van der Waals surface area contributed by atoms with Crippen LogP contribution in [-0.4, -0.2) is 17.9 Å². The normalized spacial score (nSPS) is 10.3. The lowest BCUT2D eigenvalue weighted by Gasteiger charge is -2.20. The van der Waals surface area contributed by atoms with Crippen molar-refractivity contribution in [3.63, 3.8) is 0 Å². The third kappa shape index (κ3) is 3.15. The predicted molar refractivity (Wildman–Crippen MR) is 81.7 cm³/mol. The van der Waals surface area contributed by atoms with E-state index in [0.29, 0.717) is 5.69 Å². The number of nitrogens with zero attached hydrogens (tertiary/aromatic N) is 2. The number of benzene rings is 1. The van der Waals surface area contributed by atoms with Crippen molar-refractivity contribution in [3.8, 4) is 0 Å². The van der Waals surface area contributed by atoms with Crippen LogP contribution in [0.25, 0.3) is 0 Å². The number of hydrogen-bond donors (Lipinski definition) is 1. The Hall–Kier alpha value is -2.36. The predicted octanol–water partition coefficient (Wildman–Crippen LogP) is 2.49. The number of hydrogen-bond acceptors (Lipinski definition) is 3. The van der Waals surface area contributed by atoms with Gasteiger partial charge in [-0.1, -0.05) is 17.7 Å². The number of pyridine rings is 1. The highest BCUT2D eigenvalue weighted by Crippen LogP contribution is 2.20. The zero-order chi connectivity index (χ0) is 14.7. The van der Waals surface area contributed by atoms with Crippen molar-refractivity contribution in [1.82, 2.24) is 4.98 Å². The molecule has 0 radical (unpaired) electrons. The summed E-state index contributed by atoms with van der Waals surface area (Å²) in [5.74, 6) is 0.00854. The van der Waals surface area contributed by atoms with Crippen LogP contribution >= 0.6 is 0 Å². The minimum Gasteiger partial charge on any atom is -0.397 e. The monoisotopic (exact) mass is 269 g/mol. The Morgan fingerprint density at radius 1 is 1.25 bits per heavy atom. The van der Waals surface area contributed by atoms with Crippen LogP contribution in [0.15, 0.2) is 36.5 Å². The second-order valence-electron chi connectivity index (χ2n) is 5.00. The number of anilines is 2. The Morgan fingerprint density at radius 2 is 2.00 bits per heavy atom. The molecule has 0 aliphatic heterocycles. The maximum absolute atomic E-state index is 12.3. The first kappa shape index (κ1) is 14.1. The van der Waals surface area contributed by atoms with Crippen LogP contribution in [0.5, 0.6) is 0 Å². The van der Waals surface area contributed by atoms with E-state index in [1.165, 1.54) is 5.56 Å². The molecule has 0 fully saturated rings. The van der Waals surface area contributed by atoms with Gasteiger partial charge < -0.3 is 10.6 Å². The largest absolute Gasteiger partial charge is 0.397 e. The smallest absolute Gasteiger partial charge is 0.232 e. The number of likely N-dealkylation sites (N-methyl/N-ethyl adjacent to an activating group) is 1. The molecular weight excluding hydrogens is 250 g/mol. The first-order chi connectivity index (χ1) is 9.47. The molecule has 0 aliphatic carbocycles. The third-order valence-corrected chi connectivity index (χ3v) is 3.27. The van der Waals surface area contributed by atoms with E-state index in [2.05, 4.69) is 11.1 Å². The molecule has 2 rings (SSSR count). The summed E-state index contributed by atoms with van der Waals surface area (Å²) < 4.78 is 0. The molecule has 0 saturated carbocycles. The number of aryl methyl sites for hydroxylation is 2. The maximum Gasteiger partial charge on any atom is 0.232 e. The van der Waals surface area contributed by atoms with Gasteiger partial charge in [-0.05, 0) is 37.6 Å². The Kier molecular flexibility index (Phi) is 4.03. The third-order valence-electron chi connectivity index (χ3n) is 3.27. The van der Waals surface area contributed by atoms with Gasteiger partial charge in [0, 0.05) is 18.4 Å². The highest BCUT2D eigenvalue weighted by molar-refractivity contribution is 5.94. The summed E-state index contributed by atoms with van der Waals surface area (Å²) in [4.78, 5) is 18.1. The second kappa shape index (κ2) is 5.74. The molecule has 20 heavy (non-hydrogen) atoms. The van der Waals surface area contributed by atoms with Gasteiger partial charge in [-0.2, -0.15) is 0 Å². The first-order valence-electron chi connectivity index (χ1n) is 6.51. The van der Waals surface area contributed by atoms with Gasteiger partial charge in [0.2, 0.25) is 5.91 Å². The van der Waals surface area contributed by atoms with Gasteiger partial charge >= 0.3 is 0 Å². The zero-order valence-electron chi connectivity index (χ0n) is 12.1. The SMILES string of the molecule is Cc1ccc(N(C)C(=O)Cc2ccc(N)cn2)c(C)c1. The molecule has 4 heteroatoms. The number of rotatable bonds is 3. The van der Waals surface area contributed by atoms with Crippen LogP contribution < -0.4 is 10.6 Å². The van der Waals surface area contributed by atoms with E-state index in [4.69, 9.17) is 5.73 Å². The van der Waals surface area contributed by atoms with Crippen molar-refractivity contribution in [1.29, 1.82) is 0 Å². The Morgan fingerprint density at radius 3 is 2.60 bits per heavy atom. The maximum atomic E-state index is 12.3. The van der Waals surface area contributed by atoms with E-state index in [0.717, 1.165) is 16.9 Å². The van der Waals surface area contributed by atoms with Crippen molar-refractivity contribution < 1.29 is 4.79 Å². The summed E-state index contributed by atoms with van der Waals surface area (Å²) in [6, 6.07) is 9.59. The van der Waals surface area contributed by atoms with Gasteiger partial charge in [0.25, 0.3) is 0 Å². The summed E-state index contributed by atoms with van der Waals surface area (Å²) >= 11 is 0. The van der Waals surface area contributed by atoms with Crippen molar-refractivity contribution in [3.05, 3.63) is 53.3 Å². The number of carbonyl (C=O) groups is 1. The van der Waals surface area contributed by atoms with E-state index < -0.39 is 0 Å². The topological polar surface area (TPSA) is 59.2 Å². The summed E-state index contributed by atoms with van der Waals surface area (Å²) in [6.45, 7) is 4.05.